The summed E-state index contributed by atoms with van der Waals surface area (Å²) in [7, 11) is 3.55. The Hall–Kier alpha value is -2.57. The van der Waals surface area contributed by atoms with Gasteiger partial charge < -0.3 is 25.2 Å². The second kappa shape index (κ2) is 9.23. The molecule has 3 aliphatic heterocycles. The molecule has 2 aromatic rings. The van der Waals surface area contributed by atoms with Crippen LogP contribution in [-0.2, 0) is 0 Å². The van der Waals surface area contributed by atoms with E-state index in [4.69, 9.17) is 16.3 Å². The Morgan fingerprint density at radius 3 is 2.91 bits per heavy atom. The van der Waals surface area contributed by atoms with E-state index in [-0.39, 0.29) is 5.91 Å². The van der Waals surface area contributed by atoms with Gasteiger partial charge in [-0.2, -0.15) is 4.98 Å². The van der Waals surface area contributed by atoms with Gasteiger partial charge in [0, 0.05) is 54.3 Å². The summed E-state index contributed by atoms with van der Waals surface area (Å²) in [6.45, 7) is 6.06. The summed E-state index contributed by atoms with van der Waals surface area (Å²) in [5, 5.41) is 7.08. The molecule has 1 amide bonds. The zero-order valence-corrected chi connectivity index (χ0v) is 21.8. The number of anilines is 4. The lowest BCUT2D eigenvalue weighted by Gasteiger charge is -2.35. The molecule has 2 fully saturated rings. The maximum Gasteiger partial charge on any atom is 0.265 e. The van der Waals surface area contributed by atoms with Crippen molar-refractivity contribution in [2.45, 2.75) is 18.5 Å². The number of nitrogens with zero attached hydrogens (tertiary/aromatic N) is 5. The second-order valence-electron chi connectivity index (χ2n) is 8.56. The number of methoxy groups -OCH3 is 1. The number of carbonyl (C=O) groups is 1. The van der Waals surface area contributed by atoms with Crippen LogP contribution in [0.1, 0.15) is 16.8 Å². The highest BCUT2D eigenvalue weighted by atomic mass is 127. The SMILES string of the molecule is C=C(Cl)/C(=C/I)N1CN(C)c2nc(Nc3ccc(N4C[C@@H]5C[C@H]4CN5)c(OC)c3)ncc2C1=O. The molecule has 0 unspecified atom stereocenters. The lowest BCUT2D eigenvalue weighted by Crippen LogP contribution is -2.45. The quantitative estimate of drug-likeness (QED) is 0.388. The van der Waals surface area contributed by atoms with E-state index in [0.29, 0.717) is 46.8 Å². The highest BCUT2D eigenvalue weighted by Gasteiger charge is 2.38. The predicted molar refractivity (Wildman–Crippen MR) is 142 cm³/mol. The third kappa shape index (κ3) is 4.07. The molecular formula is C23H25ClIN7O2. The van der Waals surface area contributed by atoms with Gasteiger partial charge in [-0.1, -0.05) is 40.8 Å². The molecule has 0 saturated carbocycles. The number of nitrogens with one attached hydrogen (secondary N) is 2. The fourth-order valence-electron chi connectivity index (χ4n) is 4.79. The van der Waals surface area contributed by atoms with Gasteiger partial charge in [-0.25, -0.2) is 4.98 Å². The zero-order valence-electron chi connectivity index (χ0n) is 18.9. The Labute approximate surface area is 216 Å². The monoisotopic (exact) mass is 593 g/mol. The van der Waals surface area contributed by atoms with E-state index in [2.05, 4.69) is 38.1 Å². The maximum atomic E-state index is 13.1. The van der Waals surface area contributed by atoms with E-state index in [9.17, 15) is 4.79 Å². The highest BCUT2D eigenvalue weighted by Crippen LogP contribution is 2.38. The number of halogens is 2. The summed E-state index contributed by atoms with van der Waals surface area (Å²) in [5.41, 5.74) is 2.86. The van der Waals surface area contributed by atoms with E-state index in [0.717, 1.165) is 30.2 Å². The van der Waals surface area contributed by atoms with Gasteiger partial charge in [0.25, 0.3) is 5.91 Å². The van der Waals surface area contributed by atoms with Crippen LogP contribution in [0.25, 0.3) is 0 Å². The third-order valence-electron chi connectivity index (χ3n) is 6.43. The number of benzene rings is 1. The van der Waals surface area contributed by atoms with Crippen molar-refractivity contribution < 1.29 is 9.53 Å². The van der Waals surface area contributed by atoms with Crippen LogP contribution in [0.4, 0.5) is 23.1 Å². The van der Waals surface area contributed by atoms with Gasteiger partial charge in [0.15, 0.2) is 0 Å². The van der Waals surface area contributed by atoms with Crippen molar-refractivity contribution in [2.75, 3.05) is 49.0 Å². The average molecular weight is 594 g/mol. The first-order chi connectivity index (χ1) is 16.4. The minimum absolute atomic E-state index is 0.218. The van der Waals surface area contributed by atoms with E-state index >= 15 is 0 Å². The van der Waals surface area contributed by atoms with Crippen molar-refractivity contribution in [3.63, 3.8) is 0 Å². The van der Waals surface area contributed by atoms with Crippen LogP contribution in [0, 0.1) is 0 Å². The fraction of sp³-hybridized carbons (Fsp3) is 0.348. The molecule has 2 saturated heterocycles. The smallest absolute Gasteiger partial charge is 0.265 e. The van der Waals surface area contributed by atoms with Crippen molar-refractivity contribution in [3.05, 3.63) is 51.4 Å². The molecule has 34 heavy (non-hydrogen) atoms. The molecule has 1 aromatic heterocycles. The van der Waals surface area contributed by atoms with Crippen LogP contribution >= 0.6 is 34.2 Å². The molecule has 1 aromatic carbocycles. The number of piperazine rings is 1. The first-order valence-electron chi connectivity index (χ1n) is 10.9. The summed E-state index contributed by atoms with van der Waals surface area (Å²) < 4.78 is 7.44. The summed E-state index contributed by atoms with van der Waals surface area (Å²) in [6, 6.07) is 7.09. The summed E-state index contributed by atoms with van der Waals surface area (Å²) >= 11 is 8.14. The molecule has 178 valence electrons. The minimum atomic E-state index is -0.218. The number of hydrogen-bond acceptors (Lipinski definition) is 8. The van der Waals surface area contributed by atoms with Crippen LogP contribution < -0.4 is 25.2 Å². The van der Waals surface area contributed by atoms with Gasteiger partial charge in [0.2, 0.25) is 5.95 Å². The Balaban J connectivity index is 1.38. The molecule has 5 rings (SSSR count). The van der Waals surface area contributed by atoms with Crippen molar-refractivity contribution >= 4 is 63.2 Å². The largest absolute Gasteiger partial charge is 0.495 e. The number of ether oxygens (including phenoxy) is 1. The van der Waals surface area contributed by atoms with E-state index in [1.54, 1.807) is 16.1 Å². The topological polar surface area (TPSA) is 85.9 Å². The Morgan fingerprint density at radius 1 is 1.44 bits per heavy atom. The normalized spacial score (nSPS) is 21.7. The summed E-state index contributed by atoms with van der Waals surface area (Å²) in [6.07, 6.45) is 2.71. The summed E-state index contributed by atoms with van der Waals surface area (Å²) in [5.74, 6) is 1.54. The summed E-state index contributed by atoms with van der Waals surface area (Å²) in [4.78, 5) is 27.9. The minimum Gasteiger partial charge on any atom is -0.495 e. The van der Waals surface area contributed by atoms with E-state index in [1.807, 2.05) is 46.7 Å². The van der Waals surface area contributed by atoms with Crippen molar-refractivity contribution in [2.24, 2.45) is 0 Å². The number of allylic oxidation sites excluding steroid dienone is 1. The molecule has 9 nitrogen and oxygen atoms in total. The first-order valence-corrected chi connectivity index (χ1v) is 12.5. The molecule has 11 heteroatoms. The molecule has 3 aliphatic rings. The molecule has 0 radical (unpaired) electrons. The van der Waals surface area contributed by atoms with Crippen LogP contribution in [-0.4, -0.2) is 66.8 Å². The lowest BCUT2D eigenvalue weighted by atomic mass is 10.2. The number of aromatic nitrogens is 2. The van der Waals surface area contributed by atoms with Crippen LogP contribution in [0.5, 0.6) is 5.75 Å². The number of rotatable bonds is 6. The van der Waals surface area contributed by atoms with Crippen LogP contribution in [0.2, 0.25) is 0 Å². The molecule has 4 heterocycles. The third-order valence-corrected chi connectivity index (χ3v) is 7.22. The lowest BCUT2D eigenvalue weighted by molar-refractivity contribution is 0.0799. The van der Waals surface area contributed by atoms with Gasteiger partial charge in [-0.05, 0) is 18.6 Å². The number of carbonyl (C=O) groups excluding carboxylic acids is 1. The molecule has 2 atom stereocenters. The van der Waals surface area contributed by atoms with Crippen molar-refractivity contribution in [1.29, 1.82) is 0 Å². The second-order valence-corrected chi connectivity index (χ2v) is 9.64. The van der Waals surface area contributed by atoms with Gasteiger partial charge in [-0.15, -0.1) is 0 Å². The zero-order chi connectivity index (χ0) is 24.0. The number of fused-ring (bicyclic) bond motifs is 3. The van der Waals surface area contributed by atoms with Gasteiger partial charge in [0.05, 0.1) is 30.2 Å². The standard InChI is InChI=1S/C23H25ClIN7O2/c1-13(24)19(8-25)32-12-30(2)21-17(22(32)33)10-27-23(29-21)28-14-4-5-18(20(7-14)34-3)31-11-15-6-16(31)9-26-15/h4-5,7-8,10,15-16,26H,1,6,9,11-12H2,2-3H3,(H,27,28,29)/b19-8-/t15-,16-/m0/s1. The van der Waals surface area contributed by atoms with Crippen LogP contribution in [0.3, 0.4) is 0 Å². The molecule has 0 spiro atoms. The average Bonchev–Trinajstić information content (AvgIpc) is 3.46. The molecule has 0 aliphatic carbocycles. The van der Waals surface area contributed by atoms with Crippen LogP contribution in [0.15, 0.2) is 45.8 Å². The van der Waals surface area contributed by atoms with E-state index in [1.165, 1.54) is 12.6 Å². The molecule has 2 N–H and O–H groups in total. The van der Waals surface area contributed by atoms with E-state index < -0.39 is 0 Å². The van der Waals surface area contributed by atoms with Gasteiger partial charge in [-0.3, -0.25) is 9.69 Å². The predicted octanol–water partition coefficient (Wildman–Crippen LogP) is 3.66. The van der Waals surface area contributed by atoms with Crippen molar-refractivity contribution in [3.8, 4) is 5.75 Å². The molecule has 2 bridgehead atoms. The number of amides is 1. The van der Waals surface area contributed by atoms with Gasteiger partial charge in [0.1, 0.15) is 17.1 Å². The number of hydrogen-bond donors (Lipinski definition) is 2. The fourth-order valence-corrected chi connectivity index (χ4v) is 5.84. The van der Waals surface area contributed by atoms with Gasteiger partial charge >= 0.3 is 0 Å². The highest BCUT2D eigenvalue weighted by molar-refractivity contribution is 14.1. The van der Waals surface area contributed by atoms with Crippen molar-refractivity contribution in [1.82, 2.24) is 20.2 Å². The first kappa shape index (κ1) is 23.2. The Kier molecular flexibility index (Phi) is 6.30. The Morgan fingerprint density at radius 2 is 2.26 bits per heavy atom. The Bertz CT molecular complexity index is 1190. The maximum absolute atomic E-state index is 13.1. The molecular weight excluding hydrogens is 569 g/mol.